The van der Waals surface area contributed by atoms with Crippen molar-refractivity contribution in [1.29, 1.82) is 0 Å². The standard InChI is InChI=1S/C15H15ClN2O4S/c1-23(21,22)15-10-12(6-7-14(15)18(19)20)17-9-8-11-4-2-3-5-13(11)16/h2-7,10,17H,8-9H2,1H3. The van der Waals surface area contributed by atoms with Crippen molar-refractivity contribution in [3.63, 3.8) is 0 Å². The first kappa shape index (κ1) is 17.2. The molecular weight excluding hydrogens is 340 g/mol. The third-order valence-corrected chi connectivity index (χ3v) is 4.73. The lowest BCUT2D eigenvalue weighted by Gasteiger charge is -2.09. The summed E-state index contributed by atoms with van der Waals surface area (Å²) < 4.78 is 23.4. The summed E-state index contributed by atoms with van der Waals surface area (Å²) in [5, 5.41) is 14.6. The molecule has 122 valence electrons. The van der Waals surface area contributed by atoms with E-state index in [0.717, 1.165) is 11.8 Å². The van der Waals surface area contributed by atoms with Gasteiger partial charge in [0.1, 0.15) is 4.90 Å². The molecule has 0 fully saturated rings. The normalized spacial score (nSPS) is 11.2. The summed E-state index contributed by atoms with van der Waals surface area (Å²) in [4.78, 5) is 9.92. The second-order valence-electron chi connectivity index (χ2n) is 4.98. The van der Waals surface area contributed by atoms with E-state index >= 15 is 0 Å². The van der Waals surface area contributed by atoms with E-state index in [4.69, 9.17) is 11.6 Å². The molecule has 0 bridgehead atoms. The zero-order chi connectivity index (χ0) is 17.0. The number of nitro groups is 1. The first-order valence-corrected chi connectivity index (χ1v) is 9.02. The lowest BCUT2D eigenvalue weighted by Crippen LogP contribution is -2.08. The Morgan fingerprint density at radius 2 is 1.91 bits per heavy atom. The summed E-state index contributed by atoms with van der Waals surface area (Å²) in [6.07, 6.45) is 1.59. The quantitative estimate of drug-likeness (QED) is 0.635. The van der Waals surface area contributed by atoms with Gasteiger partial charge in [-0.1, -0.05) is 29.8 Å². The highest BCUT2D eigenvalue weighted by Gasteiger charge is 2.22. The highest BCUT2D eigenvalue weighted by Crippen LogP contribution is 2.27. The zero-order valence-corrected chi connectivity index (χ0v) is 13.9. The number of halogens is 1. The van der Waals surface area contributed by atoms with Crippen molar-refractivity contribution in [2.75, 3.05) is 18.1 Å². The van der Waals surface area contributed by atoms with Crippen LogP contribution in [0, 0.1) is 10.1 Å². The summed E-state index contributed by atoms with van der Waals surface area (Å²) >= 11 is 6.06. The van der Waals surface area contributed by atoms with E-state index < -0.39 is 20.4 Å². The van der Waals surface area contributed by atoms with Gasteiger partial charge in [-0.05, 0) is 30.2 Å². The number of rotatable bonds is 6. The molecule has 2 rings (SSSR count). The Balaban J connectivity index is 2.15. The third-order valence-electron chi connectivity index (χ3n) is 3.24. The predicted molar refractivity (Wildman–Crippen MR) is 89.9 cm³/mol. The maximum absolute atomic E-state index is 11.7. The summed E-state index contributed by atoms with van der Waals surface area (Å²) in [5.74, 6) is 0. The molecule has 23 heavy (non-hydrogen) atoms. The number of nitrogens with zero attached hydrogens (tertiary/aromatic N) is 1. The molecule has 0 aliphatic carbocycles. The molecular formula is C15H15ClN2O4S. The Kier molecular flexibility index (Phi) is 5.23. The zero-order valence-electron chi connectivity index (χ0n) is 12.3. The Morgan fingerprint density at radius 1 is 1.22 bits per heavy atom. The number of hydrogen-bond donors (Lipinski definition) is 1. The first-order valence-electron chi connectivity index (χ1n) is 6.75. The SMILES string of the molecule is CS(=O)(=O)c1cc(NCCc2ccccc2Cl)ccc1[N+](=O)[O-]. The average molecular weight is 355 g/mol. The molecule has 2 aromatic rings. The van der Waals surface area contributed by atoms with Gasteiger partial charge in [-0.2, -0.15) is 0 Å². The third kappa shape index (κ3) is 4.43. The van der Waals surface area contributed by atoms with Crippen LogP contribution >= 0.6 is 11.6 Å². The molecule has 0 saturated carbocycles. The van der Waals surface area contributed by atoms with E-state index in [1.165, 1.54) is 18.2 Å². The van der Waals surface area contributed by atoms with Crippen molar-refractivity contribution in [3.05, 3.63) is 63.2 Å². The minimum atomic E-state index is -3.69. The van der Waals surface area contributed by atoms with Crippen LogP contribution in [0.1, 0.15) is 5.56 Å². The van der Waals surface area contributed by atoms with Crippen molar-refractivity contribution in [3.8, 4) is 0 Å². The number of hydrogen-bond acceptors (Lipinski definition) is 5. The van der Waals surface area contributed by atoms with Gasteiger partial charge in [0.25, 0.3) is 5.69 Å². The van der Waals surface area contributed by atoms with Crippen LogP contribution in [0.5, 0.6) is 0 Å². The van der Waals surface area contributed by atoms with Crippen LogP contribution in [0.4, 0.5) is 11.4 Å². The van der Waals surface area contributed by atoms with Gasteiger partial charge in [-0.3, -0.25) is 10.1 Å². The number of nitrogens with one attached hydrogen (secondary N) is 1. The molecule has 0 amide bonds. The van der Waals surface area contributed by atoms with Crippen molar-refractivity contribution in [2.24, 2.45) is 0 Å². The van der Waals surface area contributed by atoms with E-state index in [9.17, 15) is 18.5 Å². The van der Waals surface area contributed by atoms with Gasteiger partial charge in [-0.15, -0.1) is 0 Å². The lowest BCUT2D eigenvalue weighted by atomic mass is 10.1. The van der Waals surface area contributed by atoms with Gasteiger partial charge in [-0.25, -0.2) is 8.42 Å². The Labute approximate surface area is 139 Å². The highest BCUT2D eigenvalue weighted by atomic mass is 35.5. The molecule has 0 atom stereocenters. The predicted octanol–water partition coefficient (Wildman–Crippen LogP) is 3.31. The maximum Gasteiger partial charge on any atom is 0.288 e. The van der Waals surface area contributed by atoms with E-state index in [0.29, 0.717) is 23.7 Å². The molecule has 1 N–H and O–H groups in total. The summed E-state index contributed by atoms with van der Waals surface area (Å²) in [5.41, 5.74) is 1.04. The Hall–Kier alpha value is -2.12. The largest absolute Gasteiger partial charge is 0.385 e. The van der Waals surface area contributed by atoms with Crippen LogP contribution in [-0.4, -0.2) is 26.1 Å². The minimum Gasteiger partial charge on any atom is -0.385 e. The molecule has 0 radical (unpaired) electrons. The van der Waals surface area contributed by atoms with Crippen molar-refractivity contribution >= 4 is 32.8 Å². The molecule has 0 aliphatic heterocycles. The van der Waals surface area contributed by atoms with Crippen LogP contribution in [-0.2, 0) is 16.3 Å². The monoisotopic (exact) mass is 354 g/mol. The Morgan fingerprint density at radius 3 is 2.52 bits per heavy atom. The fourth-order valence-corrected chi connectivity index (χ4v) is 3.21. The minimum absolute atomic E-state index is 0.301. The first-order chi connectivity index (χ1) is 10.8. The fraction of sp³-hybridized carbons (Fsp3) is 0.200. The van der Waals surface area contributed by atoms with Crippen LogP contribution in [0.15, 0.2) is 47.4 Å². The molecule has 6 nitrogen and oxygen atoms in total. The molecule has 0 saturated heterocycles. The summed E-state index contributed by atoms with van der Waals surface area (Å²) in [7, 11) is -3.69. The lowest BCUT2D eigenvalue weighted by molar-refractivity contribution is -0.387. The van der Waals surface area contributed by atoms with Gasteiger partial charge >= 0.3 is 0 Å². The second kappa shape index (κ2) is 6.97. The molecule has 8 heteroatoms. The maximum atomic E-state index is 11.7. The summed E-state index contributed by atoms with van der Waals surface area (Å²) in [6.45, 7) is 0.519. The molecule has 0 heterocycles. The van der Waals surface area contributed by atoms with Crippen LogP contribution < -0.4 is 5.32 Å². The van der Waals surface area contributed by atoms with E-state index in [1.54, 1.807) is 6.07 Å². The van der Waals surface area contributed by atoms with E-state index in [1.807, 2.05) is 18.2 Å². The molecule has 0 unspecified atom stereocenters. The molecule has 0 aliphatic rings. The number of benzene rings is 2. The van der Waals surface area contributed by atoms with Gasteiger partial charge in [0.05, 0.1) is 4.92 Å². The van der Waals surface area contributed by atoms with E-state index in [2.05, 4.69) is 5.32 Å². The van der Waals surface area contributed by atoms with Crippen molar-refractivity contribution in [2.45, 2.75) is 11.3 Å². The van der Waals surface area contributed by atoms with Gasteiger partial charge < -0.3 is 5.32 Å². The van der Waals surface area contributed by atoms with Gasteiger partial charge in [0.15, 0.2) is 9.84 Å². The molecule has 0 spiro atoms. The van der Waals surface area contributed by atoms with Crippen LogP contribution in [0.25, 0.3) is 0 Å². The molecule has 0 aromatic heterocycles. The van der Waals surface area contributed by atoms with E-state index in [-0.39, 0.29) is 4.90 Å². The van der Waals surface area contributed by atoms with Crippen LogP contribution in [0.2, 0.25) is 5.02 Å². The number of anilines is 1. The van der Waals surface area contributed by atoms with Crippen molar-refractivity contribution in [1.82, 2.24) is 0 Å². The summed E-state index contributed by atoms with van der Waals surface area (Å²) in [6, 6.07) is 11.4. The second-order valence-corrected chi connectivity index (χ2v) is 7.37. The topological polar surface area (TPSA) is 89.3 Å². The number of nitro benzene ring substituents is 1. The van der Waals surface area contributed by atoms with Gasteiger partial charge in [0, 0.05) is 29.6 Å². The van der Waals surface area contributed by atoms with Crippen molar-refractivity contribution < 1.29 is 13.3 Å². The van der Waals surface area contributed by atoms with Gasteiger partial charge in [0.2, 0.25) is 0 Å². The Bertz CT molecular complexity index is 837. The smallest absolute Gasteiger partial charge is 0.288 e. The molecule has 2 aromatic carbocycles. The highest BCUT2D eigenvalue weighted by molar-refractivity contribution is 7.90. The van der Waals surface area contributed by atoms with Crippen LogP contribution in [0.3, 0.4) is 0 Å². The number of sulfone groups is 1. The average Bonchev–Trinajstić information content (AvgIpc) is 2.48. The fourth-order valence-electron chi connectivity index (χ4n) is 2.11.